The lowest BCUT2D eigenvalue weighted by molar-refractivity contribution is -0.114. The highest BCUT2D eigenvalue weighted by Crippen LogP contribution is 2.36. The Morgan fingerprint density at radius 1 is 1.17 bits per heavy atom. The Morgan fingerprint density at radius 2 is 1.83 bits per heavy atom. The van der Waals surface area contributed by atoms with Crippen molar-refractivity contribution in [3.63, 3.8) is 0 Å². The molecule has 1 fully saturated rings. The van der Waals surface area contributed by atoms with E-state index < -0.39 is 28.9 Å². The molecular formula is C13H11F2NO2. The molecule has 18 heavy (non-hydrogen) atoms. The molecule has 1 aliphatic carbocycles. The van der Waals surface area contributed by atoms with Crippen LogP contribution in [-0.4, -0.2) is 18.2 Å². The SMILES string of the molecule is O=C1C(=O)N(CC2CCC2)c2c(F)ccc(F)c21. The number of halogens is 2. The van der Waals surface area contributed by atoms with E-state index in [1.807, 2.05) is 0 Å². The van der Waals surface area contributed by atoms with Crippen LogP contribution in [0.5, 0.6) is 0 Å². The molecule has 2 aliphatic rings. The Labute approximate surface area is 102 Å². The second-order valence-corrected chi connectivity index (χ2v) is 4.79. The minimum Gasteiger partial charge on any atom is -0.302 e. The summed E-state index contributed by atoms with van der Waals surface area (Å²) in [5.41, 5.74) is -0.601. The van der Waals surface area contributed by atoms with Gasteiger partial charge in [-0.1, -0.05) is 6.42 Å². The first-order valence-electron chi connectivity index (χ1n) is 5.94. The minimum absolute atomic E-state index is 0.183. The number of fused-ring (bicyclic) bond motifs is 1. The highest BCUT2D eigenvalue weighted by Gasteiger charge is 2.41. The van der Waals surface area contributed by atoms with Crippen molar-refractivity contribution in [3.05, 3.63) is 29.3 Å². The van der Waals surface area contributed by atoms with Gasteiger partial charge in [0.05, 0.1) is 11.3 Å². The predicted molar refractivity (Wildman–Crippen MR) is 60.4 cm³/mol. The molecule has 1 aliphatic heterocycles. The number of hydrogen-bond acceptors (Lipinski definition) is 2. The molecule has 0 aromatic heterocycles. The number of hydrogen-bond donors (Lipinski definition) is 0. The van der Waals surface area contributed by atoms with Gasteiger partial charge < -0.3 is 4.90 Å². The van der Waals surface area contributed by atoms with E-state index in [4.69, 9.17) is 0 Å². The fourth-order valence-corrected chi connectivity index (χ4v) is 2.46. The van der Waals surface area contributed by atoms with Crippen LogP contribution in [0.1, 0.15) is 29.6 Å². The number of ketones is 1. The van der Waals surface area contributed by atoms with Crippen LogP contribution in [0, 0.1) is 17.6 Å². The van der Waals surface area contributed by atoms with Crippen molar-refractivity contribution in [1.82, 2.24) is 0 Å². The average molecular weight is 251 g/mol. The van der Waals surface area contributed by atoms with Gasteiger partial charge in [-0.05, 0) is 30.9 Å². The quantitative estimate of drug-likeness (QED) is 0.756. The first-order valence-corrected chi connectivity index (χ1v) is 5.94. The molecule has 1 aromatic carbocycles. The molecule has 94 valence electrons. The van der Waals surface area contributed by atoms with Crippen molar-refractivity contribution in [1.29, 1.82) is 0 Å². The van der Waals surface area contributed by atoms with E-state index in [0.717, 1.165) is 36.3 Å². The zero-order valence-electron chi connectivity index (χ0n) is 9.58. The number of benzene rings is 1. The standard InChI is InChI=1S/C13H11F2NO2/c14-8-4-5-9(15)11-10(8)12(17)13(18)16(11)6-7-2-1-3-7/h4-5,7H,1-3,6H2. The maximum Gasteiger partial charge on any atom is 0.299 e. The minimum atomic E-state index is -0.943. The summed E-state index contributed by atoms with van der Waals surface area (Å²) in [6, 6.07) is 1.83. The summed E-state index contributed by atoms with van der Waals surface area (Å²) in [6.45, 7) is 0.304. The van der Waals surface area contributed by atoms with Crippen LogP contribution in [0.15, 0.2) is 12.1 Å². The van der Waals surface area contributed by atoms with Gasteiger partial charge in [0, 0.05) is 6.54 Å². The second-order valence-electron chi connectivity index (χ2n) is 4.79. The highest BCUT2D eigenvalue weighted by atomic mass is 19.1. The molecule has 5 heteroatoms. The lowest BCUT2D eigenvalue weighted by atomic mass is 9.85. The van der Waals surface area contributed by atoms with Crippen LogP contribution < -0.4 is 4.90 Å². The molecule has 0 N–H and O–H groups in total. The molecule has 3 rings (SSSR count). The third-order valence-corrected chi connectivity index (χ3v) is 3.68. The van der Waals surface area contributed by atoms with Gasteiger partial charge in [0.1, 0.15) is 11.6 Å². The number of anilines is 1. The fraction of sp³-hybridized carbons (Fsp3) is 0.385. The van der Waals surface area contributed by atoms with Crippen LogP contribution >= 0.6 is 0 Å². The fourth-order valence-electron chi connectivity index (χ4n) is 2.46. The van der Waals surface area contributed by atoms with Crippen LogP contribution in [0.3, 0.4) is 0 Å². The van der Waals surface area contributed by atoms with Gasteiger partial charge in [-0.25, -0.2) is 8.78 Å². The summed E-state index contributed by atoms with van der Waals surface area (Å²) in [7, 11) is 0. The smallest absolute Gasteiger partial charge is 0.299 e. The summed E-state index contributed by atoms with van der Waals surface area (Å²) >= 11 is 0. The van der Waals surface area contributed by atoms with Crippen molar-refractivity contribution >= 4 is 17.4 Å². The second kappa shape index (κ2) is 3.86. The number of Topliss-reactive ketones (excluding diaryl/α,β-unsaturated/α-hetero) is 1. The van der Waals surface area contributed by atoms with E-state index in [2.05, 4.69) is 0 Å². The van der Waals surface area contributed by atoms with E-state index in [1.54, 1.807) is 0 Å². The van der Waals surface area contributed by atoms with Crippen LogP contribution in [0.4, 0.5) is 14.5 Å². The van der Waals surface area contributed by atoms with Gasteiger partial charge in [-0.15, -0.1) is 0 Å². The largest absolute Gasteiger partial charge is 0.302 e. The molecule has 0 bridgehead atoms. The van der Waals surface area contributed by atoms with Crippen molar-refractivity contribution in [3.8, 4) is 0 Å². The van der Waals surface area contributed by atoms with Crippen molar-refractivity contribution in [2.24, 2.45) is 5.92 Å². The zero-order chi connectivity index (χ0) is 12.9. The summed E-state index contributed by atoms with van der Waals surface area (Å²) in [4.78, 5) is 24.6. The Hall–Kier alpha value is -1.78. The lowest BCUT2D eigenvalue weighted by Crippen LogP contribution is -2.36. The van der Waals surface area contributed by atoms with E-state index in [-0.39, 0.29) is 11.6 Å². The van der Waals surface area contributed by atoms with Crippen molar-refractivity contribution in [2.45, 2.75) is 19.3 Å². The Balaban J connectivity index is 2.05. The summed E-state index contributed by atoms with van der Waals surface area (Å²) in [5.74, 6) is -3.02. The molecule has 1 saturated carbocycles. The summed E-state index contributed by atoms with van der Waals surface area (Å²) in [5, 5.41) is 0. The van der Waals surface area contributed by atoms with E-state index >= 15 is 0 Å². The van der Waals surface area contributed by atoms with E-state index in [1.165, 1.54) is 0 Å². The number of carbonyl (C=O) groups is 2. The average Bonchev–Trinajstić information content (AvgIpc) is 2.54. The van der Waals surface area contributed by atoms with Crippen LogP contribution in [0.25, 0.3) is 0 Å². The number of nitrogens with zero attached hydrogens (tertiary/aromatic N) is 1. The molecule has 0 atom stereocenters. The highest BCUT2D eigenvalue weighted by molar-refractivity contribution is 6.52. The van der Waals surface area contributed by atoms with Crippen molar-refractivity contribution < 1.29 is 18.4 Å². The molecule has 3 nitrogen and oxygen atoms in total. The summed E-state index contributed by atoms with van der Waals surface area (Å²) < 4.78 is 27.3. The third-order valence-electron chi connectivity index (χ3n) is 3.68. The first kappa shape index (κ1) is 11.3. The maximum absolute atomic E-state index is 13.7. The van der Waals surface area contributed by atoms with Crippen LogP contribution in [0.2, 0.25) is 0 Å². The molecule has 0 spiro atoms. The topological polar surface area (TPSA) is 37.4 Å². The number of rotatable bonds is 2. The Kier molecular flexibility index (Phi) is 2.43. The third kappa shape index (κ3) is 1.46. The van der Waals surface area contributed by atoms with Crippen LogP contribution in [-0.2, 0) is 4.79 Å². The molecular weight excluding hydrogens is 240 g/mol. The Morgan fingerprint density at radius 3 is 2.44 bits per heavy atom. The van der Waals surface area contributed by atoms with Gasteiger partial charge >= 0.3 is 0 Å². The molecule has 0 radical (unpaired) electrons. The molecule has 0 saturated heterocycles. The predicted octanol–water partition coefficient (Wildman–Crippen LogP) is 2.29. The first-order chi connectivity index (χ1) is 8.59. The molecule has 1 amide bonds. The van der Waals surface area contributed by atoms with Gasteiger partial charge in [-0.2, -0.15) is 0 Å². The molecule has 0 unspecified atom stereocenters. The molecule has 1 heterocycles. The maximum atomic E-state index is 13.7. The molecule has 1 aromatic rings. The van der Waals surface area contributed by atoms with Gasteiger partial charge in [0.2, 0.25) is 0 Å². The van der Waals surface area contributed by atoms with E-state index in [0.29, 0.717) is 6.54 Å². The Bertz CT molecular complexity index is 552. The van der Waals surface area contributed by atoms with Crippen molar-refractivity contribution in [2.75, 3.05) is 11.4 Å². The zero-order valence-corrected chi connectivity index (χ0v) is 9.58. The van der Waals surface area contributed by atoms with Gasteiger partial charge in [0.15, 0.2) is 0 Å². The van der Waals surface area contributed by atoms with Gasteiger partial charge in [0.25, 0.3) is 11.7 Å². The number of amides is 1. The normalized spacial score (nSPS) is 19.1. The lowest BCUT2D eigenvalue weighted by Gasteiger charge is -2.30. The summed E-state index contributed by atoms with van der Waals surface area (Å²) in [6.07, 6.45) is 3.01. The van der Waals surface area contributed by atoms with E-state index in [9.17, 15) is 18.4 Å². The monoisotopic (exact) mass is 251 g/mol. The van der Waals surface area contributed by atoms with Gasteiger partial charge in [-0.3, -0.25) is 9.59 Å². The number of carbonyl (C=O) groups excluding carboxylic acids is 2.